The molecule has 0 radical (unpaired) electrons. The highest BCUT2D eigenvalue weighted by Gasteiger charge is 2.68. The van der Waals surface area contributed by atoms with Crippen LogP contribution in [0.15, 0.2) is 35.9 Å². The molecule has 1 aromatic rings. The number of fused-ring (bicyclic) bond motifs is 4. The summed E-state index contributed by atoms with van der Waals surface area (Å²) >= 11 is 0. The van der Waals surface area contributed by atoms with Crippen LogP contribution >= 0.6 is 0 Å². The molecular weight excluding hydrogens is 312 g/mol. The number of aliphatic hydroxyl groups excluding tert-OH is 1. The number of hydrogen-bond donors (Lipinski definition) is 1. The van der Waals surface area contributed by atoms with Gasteiger partial charge in [0, 0.05) is 30.1 Å². The summed E-state index contributed by atoms with van der Waals surface area (Å²) in [6, 6.07) is 9.56. The van der Waals surface area contributed by atoms with Crippen LogP contribution in [0, 0.1) is 11.8 Å². The maximum absolute atomic E-state index is 12.9. The topological polar surface area (TPSA) is 43.8 Å². The van der Waals surface area contributed by atoms with Gasteiger partial charge in [0.25, 0.3) is 0 Å². The zero-order valence-electron chi connectivity index (χ0n) is 14.4. The first kappa shape index (κ1) is 14.5. The molecular formula is C21H24N2O2. The zero-order valence-corrected chi connectivity index (χ0v) is 14.4. The number of para-hydroxylation sites is 1. The van der Waals surface area contributed by atoms with Gasteiger partial charge in [-0.3, -0.25) is 9.69 Å². The third-order valence-corrected chi connectivity index (χ3v) is 7.89. The molecule has 3 saturated heterocycles. The van der Waals surface area contributed by atoms with Crippen molar-refractivity contribution in [3.8, 4) is 0 Å². The summed E-state index contributed by atoms with van der Waals surface area (Å²) in [5, 5.41) is 9.52. The first-order valence-corrected chi connectivity index (χ1v) is 9.71. The van der Waals surface area contributed by atoms with Crippen LogP contribution < -0.4 is 4.90 Å². The highest BCUT2D eigenvalue weighted by molar-refractivity contribution is 5.98. The van der Waals surface area contributed by atoms with Gasteiger partial charge in [-0.25, -0.2) is 0 Å². The molecule has 1 saturated carbocycles. The lowest BCUT2D eigenvalue weighted by molar-refractivity contribution is -0.123. The number of amides is 1. The Morgan fingerprint density at radius 2 is 2.20 bits per heavy atom. The number of benzene rings is 1. The van der Waals surface area contributed by atoms with Gasteiger partial charge in [-0.05, 0) is 49.3 Å². The molecule has 5 aliphatic rings. The van der Waals surface area contributed by atoms with Crippen molar-refractivity contribution < 1.29 is 9.90 Å². The van der Waals surface area contributed by atoms with Gasteiger partial charge >= 0.3 is 0 Å². The summed E-state index contributed by atoms with van der Waals surface area (Å²) < 4.78 is 0. The van der Waals surface area contributed by atoms with Gasteiger partial charge in [0.2, 0.25) is 5.91 Å². The van der Waals surface area contributed by atoms with Crippen LogP contribution in [0.25, 0.3) is 0 Å². The predicted molar refractivity (Wildman–Crippen MR) is 95.4 cm³/mol. The van der Waals surface area contributed by atoms with Crippen LogP contribution in [0.4, 0.5) is 5.69 Å². The lowest BCUT2D eigenvalue weighted by Crippen LogP contribution is -2.66. The van der Waals surface area contributed by atoms with Crippen LogP contribution in [-0.2, 0) is 10.2 Å². The van der Waals surface area contributed by atoms with Crippen molar-refractivity contribution in [2.75, 3.05) is 24.6 Å². The minimum atomic E-state index is 0.135. The molecule has 6 rings (SSSR count). The molecule has 1 aromatic carbocycles. The van der Waals surface area contributed by atoms with E-state index in [4.69, 9.17) is 0 Å². The van der Waals surface area contributed by atoms with Gasteiger partial charge < -0.3 is 10.0 Å². The van der Waals surface area contributed by atoms with Crippen molar-refractivity contribution in [1.82, 2.24) is 4.90 Å². The van der Waals surface area contributed by atoms with Crippen molar-refractivity contribution in [2.24, 2.45) is 11.8 Å². The fourth-order valence-electron chi connectivity index (χ4n) is 7.18. The van der Waals surface area contributed by atoms with Gasteiger partial charge in [0.05, 0.1) is 12.6 Å². The van der Waals surface area contributed by atoms with E-state index in [1.54, 1.807) is 0 Å². The number of carbonyl (C=O) groups excluding carboxylic acids is 1. The molecule has 130 valence electrons. The van der Waals surface area contributed by atoms with Crippen LogP contribution in [0.2, 0.25) is 0 Å². The van der Waals surface area contributed by atoms with Crippen molar-refractivity contribution >= 4 is 11.6 Å². The average Bonchev–Trinajstić information content (AvgIpc) is 3.17. The van der Waals surface area contributed by atoms with Crippen LogP contribution in [-0.4, -0.2) is 47.7 Å². The summed E-state index contributed by atoms with van der Waals surface area (Å²) in [7, 11) is 0. The fraction of sp³-hybridized carbons (Fsp3) is 0.571. The van der Waals surface area contributed by atoms with E-state index in [0.29, 0.717) is 36.2 Å². The van der Waals surface area contributed by atoms with Gasteiger partial charge in [-0.15, -0.1) is 0 Å². The summed E-state index contributed by atoms with van der Waals surface area (Å²) in [6.45, 7) is 2.26. The lowest BCUT2D eigenvalue weighted by Gasteiger charge is -2.57. The van der Waals surface area contributed by atoms with Crippen LogP contribution in [0.3, 0.4) is 0 Å². The minimum Gasteiger partial charge on any atom is -0.392 e. The molecule has 4 aliphatic heterocycles. The number of hydrogen-bond acceptors (Lipinski definition) is 3. The molecule has 1 N–H and O–H groups in total. The number of anilines is 1. The Kier molecular flexibility index (Phi) is 2.75. The van der Waals surface area contributed by atoms with Gasteiger partial charge in [0.15, 0.2) is 0 Å². The molecule has 1 amide bonds. The standard InChI is InChI=1S/C21H24N2O2/c24-10-7-13-12-22-9-8-21-16-3-1-2-4-17(16)23-19(25)6-5-14(20(21)23)15(13)11-18(21)22/h1-4,7,14-15,18,20,24H,5-6,8-12H2/t14-,15+,18+,20-,21+/m1/s1. The second kappa shape index (κ2) is 4.74. The molecule has 5 atom stereocenters. The molecule has 4 heteroatoms. The quantitative estimate of drug-likeness (QED) is 0.799. The smallest absolute Gasteiger partial charge is 0.227 e. The third kappa shape index (κ3) is 1.55. The molecule has 2 bridgehead atoms. The molecule has 1 spiro atoms. The highest BCUT2D eigenvalue weighted by atomic mass is 16.2. The number of aliphatic hydroxyl groups is 1. The van der Waals surface area contributed by atoms with Crippen LogP contribution in [0.1, 0.15) is 31.2 Å². The minimum absolute atomic E-state index is 0.135. The monoisotopic (exact) mass is 336 g/mol. The molecule has 1 aliphatic carbocycles. The molecule has 0 aromatic heterocycles. The largest absolute Gasteiger partial charge is 0.392 e. The first-order chi connectivity index (χ1) is 12.3. The summed E-state index contributed by atoms with van der Waals surface area (Å²) in [6.07, 6.45) is 6.09. The number of piperidine rings is 2. The van der Waals surface area contributed by atoms with E-state index in [9.17, 15) is 9.90 Å². The fourth-order valence-corrected chi connectivity index (χ4v) is 7.18. The van der Waals surface area contributed by atoms with E-state index < -0.39 is 0 Å². The Balaban J connectivity index is 1.60. The second-order valence-corrected chi connectivity index (χ2v) is 8.51. The van der Waals surface area contributed by atoms with Gasteiger partial charge in [0.1, 0.15) is 0 Å². The van der Waals surface area contributed by atoms with Gasteiger partial charge in [-0.2, -0.15) is 0 Å². The number of rotatable bonds is 1. The number of carbonyl (C=O) groups is 1. The Morgan fingerprint density at radius 3 is 3.08 bits per heavy atom. The SMILES string of the molecule is O=C1CC[C@@H]2[C@H]3C[C@@H]4N(CC[C@]45c4ccccc4N1[C@H]25)CC3=CCO. The molecule has 25 heavy (non-hydrogen) atoms. The molecule has 4 heterocycles. The van der Waals surface area contributed by atoms with Crippen molar-refractivity contribution in [2.45, 2.75) is 43.2 Å². The Bertz CT molecular complexity index is 803. The lowest BCUT2D eigenvalue weighted by atomic mass is 9.54. The molecule has 0 unspecified atom stereocenters. The van der Waals surface area contributed by atoms with Crippen LogP contribution in [0.5, 0.6) is 0 Å². The summed E-state index contributed by atoms with van der Waals surface area (Å²) in [5.41, 5.74) is 4.17. The maximum Gasteiger partial charge on any atom is 0.227 e. The van der Waals surface area contributed by atoms with E-state index in [2.05, 4.69) is 40.1 Å². The van der Waals surface area contributed by atoms with E-state index >= 15 is 0 Å². The highest BCUT2D eigenvalue weighted by Crippen LogP contribution is 2.64. The third-order valence-electron chi connectivity index (χ3n) is 7.89. The number of nitrogens with zero attached hydrogens (tertiary/aromatic N) is 2. The molecule has 4 fully saturated rings. The Labute approximate surface area is 148 Å². The van der Waals surface area contributed by atoms with E-state index in [0.717, 1.165) is 19.5 Å². The van der Waals surface area contributed by atoms with Crippen molar-refractivity contribution in [3.63, 3.8) is 0 Å². The second-order valence-electron chi connectivity index (χ2n) is 8.51. The summed E-state index contributed by atoms with van der Waals surface area (Å²) in [5.74, 6) is 1.39. The molecule has 4 nitrogen and oxygen atoms in total. The van der Waals surface area contributed by atoms with Crippen molar-refractivity contribution in [3.05, 3.63) is 41.5 Å². The maximum atomic E-state index is 12.9. The normalized spacial score (nSPS) is 42.7. The van der Waals surface area contributed by atoms with E-state index in [1.165, 1.54) is 29.7 Å². The first-order valence-electron chi connectivity index (χ1n) is 9.71. The van der Waals surface area contributed by atoms with E-state index in [-0.39, 0.29) is 12.0 Å². The zero-order chi connectivity index (χ0) is 16.8. The average molecular weight is 336 g/mol. The Morgan fingerprint density at radius 1 is 1.32 bits per heavy atom. The van der Waals surface area contributed by atoms with Gasteiger partial charge in [-0.1, -0.05) is 29.8 Å². The van der Waals surface area contributed by atoms with E-state index in [1.807, 2.05) is 0 Å². The Hall–Kier alpha value is -1.65. The summed E-state index contributed by atoms with van der Waals surface area (Å²) in [4.78, 5) is 17.7. The van der Waals surface area contributed by atoms with Crippen molar-refractivity contribution in [1.29, 1.82) is 0 Å². The predicted octanol–water partition coefficient (Wildman–Crippen LogP) is 2.08.